The molecule has 1 fully saturated rings. The Labute approximate surface area is 862 Å². The summed E-state index contributed by atoms with van der Waals surface area (Å²) in [4.78, 5) is 0. The molecule has 1 aliphatic heterocycles. The first-order chi connectivity index (χ1) is 66.3. The number of rotatable bonds is 43. The fourth-order valence-electron chi connectivity index (χ4n) is 0.932. The molecule has 1 rings (SSSR count). The Balaban J connectivity index is -0.0000000314. The van der Waals surface area contributed by atoms with E-state index in [4.69, 9.17) is 284 Å². The number of hydrogen-bond acceptors (Lipinski definition) is 67. The minimum atomic E-state index is -1.98. The Hall–Kier alpha value is 5.86. The molecule has 138 heavy (non-hydrogen) atoms. The van der Waals surface area contributed by atoms with Crippen LogP contribution >= 0.6 is 497 Å². The summed E-state index contributed by atoms with van der Waals surface area (Å²) in [5.41, 5.74) is 0. The largest absolute Gasteiger partial charge is 0.608 e. The zero-order chi connectivity index (χ0) is 115. The normalized spacial score (nSPS) is 10.3. The fourth-order valence-corrected chi connectivity index (χ4v) is 1.76. The Bertz CT molecular complexity index is 2140. The zero-order valence-electron chi connectivity index (χ0n) is 61.9. The summed E-state index contributed by atoms with van der Waals surface area (Å²) < 4.78 is 578. The van der Waals surface area contributed by atoms with Crippen LogP contribution in [0.25, 0.3) is 0 Å². The first-order valence-corrected chi connectivity index (χ1v) is 93.8. The van der Waals surface area contributed by atoms with Crippen molar-refractivity contribution in [3.05, 3.63) is 0 Å². The number of hydrogen-bond donors (Lipinski definition) is 0. The van der Waals surface area contributed by atoms with Crippen LogP contribution in [0.3, 0.4) is 0 Å². The Morgan fingerprint density at radius 3 is 0.362 bits per heavy atom. The second-order valence-electron chi connectivity index (χ2n) is 8.43. The fraction of sp³-hybridized carbons (Fsp3) is 1.00. The molecule has 766 valence electrons. The highest BCUT2D eigenvalue weighted by molar-refractivity contribution is 8.08. The van der Waals surface area contributed by atoms with E-state index in [1.54, 1.807) is 7.11 Å². The third-order valence-electron chi connectivity index (χ3n) is 2.98. The summed E-state index contributed by atoms with van der Waals surface area (Å²) in [6.07, 6.45) is 0.0886. The average Bonchev–Trinajstić information content (AvgIpc) is 1.80. The second-order valence-corrected chi connectivity index (χ2v) is 49.1. The van der Waals surface area contributed by atoms with Crippen molar-refractivity contribution in [1.29, 1.82) is 0 Å². The lowest BCUT2D eigenvalue weighted by molar-refractivity contribution is 0.0188. The monoisotopic (exact) mass is 3100 g/mol. The molecule has 2 atom stereocenters. The van der Waals surface area contributed by atoms with E-state index in [0.717, 1.165) is 0 Å². The molecule has 0 N–H and O–H groups in total. The van der Waals surface area contributed by atoms with Gasteiger partial charge in [0.25, 0.3) is 473 Å². The highest BCUT2D eigenvalue weighted by atomic mass is 32.1. The van der Waals surface area contributed by atoms with Crippen molar-refractivity contribution < 1.29 is 306 Å². The van der Waals surface area contributed by atoms with Crippen molar-refractivity contribution in [3.8, 4) is 0 Å². The number of methoxy groups -OCH3 is 1. The van der Waals surface area contributed by atoms with Gasteiger partial charge < -0.3 is 18.9 Å². The smallest absolute Gasteiger partial charge is 0.382 e. The average molecular weight is 3100 g/mol. The van der Waals surface area contributed by atoms with Gasteiger partial charge in [0.1, 0.15) is 12.7 Å². The van der Waals surface area contributed by atoms with Crippen molar-refractivity contribution >= 4 is 497 Å². The lowest BCUT2D eigenvalue weighted by Crippen LogP contribution is -2.10. The van der Waals surface area contributed by atoms with Gasteiger partial charge in [-0.1, -0.05) is 0 Å². The minimum Gasteiger partial charge on any atom is -0.382 e. The van der Waals surface area contributed by atoms with Crippen LogP contribution in [0.5, 0.6) is 0 Å². The van der Waals surface area contributed by atoms with Crippen LogP contribution in [0.4, 0.5) is 0 Å². The maximum absolute atomic E-state index is 10.3. The summed E-state index contributed by atoms with van der Waals surface area (Å²) in [7, 11) is -20.5. The first-order valence-electron chi connectivity index (χ1n) is 22.8. The van der Waals surface area contributed by atoms with E-state index >= 15 is 0 Å². The van der Waals surface area contributed by atoms with Crippen LogP contribution < -0.4 is 0 Å². The second kappa shape index (κ2) is 390. The first kappa shape index (κ1) is 226. The molecule has 0 aromatic heterocycles. The number of ether oxygens (including phenoxy) is 4. The SMILES string of the molecule is COCCOCCOCCOP=O.O=PP=O.O=PP=O.O=PP=O.O=PP=O.O=PP=O.O=PP=O.O=PP=O.O=PP=O.O=PP=O.O=PP=O.O=PP=O.O=PP=O.O=PP=O.O=PP=O.O=PP=O.O=PP=O.O=PP=O.O=PP=O.O=PP=O.O=PP=O.O=PP=O.O=PP=O.O=PP=O.O=PP=O.O=PP=O.O=PP=O.O=PP=O.O=PP=O.O=PP=O.O=P[P+](=O)OCC1CO1. The molecular formula is C10H20O67P61+. The van der Waals surface area contributed by atoms with E-state index in [9.17, 15) is 13.7 Å². The lowest BCUT2D eigenvalue weighted by atomic mass is 10.5. The summed E-state index contributed by atoms with van der Waals surface area (Å²) in [5, 5.41) is 0. The van der Waals surface area contributed by atoms with Crippen molar-refractivity contribution in [2.45, 2.75) is 6.10 Å². The van der Waals surface area contributed by atoms with Crippen molar-refractivity contribution in [1.82, 2.24) is 0 Å². The van der Waals surface area contributed by atoms with Crippen LogP contribution in [-0.2, 0) is 306 Å². The van der Waals surface area contributed by atoms with Crippen LogP contribution in [0, 0.1) is 0 Å². The molecule has 0 aliphatic carbocycles. The summed E-state index contributed by atoms with van der Waals surface area (Å²) >= 11 is 0. The molecule has 1 saturated heterocycles. The molecule has 0 amide bonds. The molecule has 128 heteroatoms. The molecule has 0 aromatic carbocycles. The predicted octanol–water partition coefficient (Wildman–Crippen LogP) is 45.3. The van der Waals surface area contributed by atoms with Gasteiger partial charge in [-0.2, -0.15) is 0 Å². The van der Waals surface area contributed by atoms with E-state index in [1.807, 2.05) is 0 Å². The summed E-state index contributed by atoms with van der Waals surface area (Å²) in [6.45, 7) is 3.96. The Kier molecular flexibility index (Phi) is 640. The van der Waals surface area contributed by atoms with Gasteiger partial charge in [-0.3, -0.25) is 269 Å². The van der Waals surface area contributed by atoms with Gasteiger partial charge in [-0.15, -0.1) is 4.52 Å². The van der Waals surface area contributed by atoms with Crippen LogP contribution in [0.2, 0.25) is 0 Å². The maximum atomic E-state index is 10.3. The van der Waals surface area contributed by atoms with Gasteiger partial charge in [0, 0.05) is 7.11 Å². The van der Waals surface area contributed by atoms with Gasteiger partial charge in [0.15, 0.2) is 0 Å². The molecule has 1 aliphatic rings. The number of epoxide rings is 1. The maximum Gasteiger partial charge on any atom is 0.608 e. The van der Waals surface area contributed by atoms with Crippen molar-refractivity contribution in [2.24, 2.45) is 0 Å². The molecule has 0 saturated carbocycles. The lowest BCUT2D eigenvalue weighted by Gasteiger charge is -2.03. The van der Waals surface area contributed by atoms with Crippen molar-refractivity contribution in [2.75, 3.05) is 60.0 Å². The molecule has 0 aromatic rings. The van der Waals surface area contributed by atoms with Crippen LogP contribution in [0.15, 0.2) is 0 Å². The van der Waals surface area contributed by atoms with Gasteiger partial charge in [-0.25, -0.2) is 9.13 Å². The van der Waals surface area contributed by atoms with Gasteiger partial charge in [0.2, 0.25) is 0 Å². The standard InChI is InChI=1S/C7H15O5P.C3H5O4P2.29O2P2/c1-9-2-3-10-4-5-11-6-7-12-13-8;4-8-9(5)7-2-3-1-6-3;29*1-3-4-2/h2-7H2,1H3;3H,1-2H2;;;;;;;;;;;;;;;;;;;;;;;;;;;;;/q;+1;;;;;;;;;;;;;;;;;;;;;;;;;;;;;. The van der Waals surface area contributed by atoms with E-state index < -0.39 is 15.9 Å². The summed E-state index contributed by atoms with van der Waals surface area (Å²) in [5.74, 6) is 0. The van der Waals surface area contributed by atoms with E-state index in [1.165, 1.54) is 0 Å². The Morgan fingerprint density at radius 1 is 0.181 bits per heavy atom. The zero-order valence-corrected chi connectivity index (χ0v) is 116. The van der Waals surface area contributed by atoms with Gasteiger partial charge in [-0.05, 0) is 4.57 Å². The van der Waals surface area contributed by atoms with Crippen LogP contribution in [0.1, 0.15) is 0 Å². The molecule has 0 bridgehead atoms. The molecular weight excluding hydrogens is 3080 g/mol. The molecule has 0 radical (unpaired) electrons. The van der Waals surface area contributed by atoms with E-state index in [-0.39, 0.29) is 487 Å². The van der Waals surface area contributed by atoms with E-state index in [0.29, 0.717) is 52.9 Å². The molecule has 1 heterocycles. The third kappa shape index (κ3) is 935. The Morgan fingerprint density at radius 2 is 0.283 bits per heavy atom. The highest BCUT2D eigenvalue weighted by Crippen LogP contribution is 2.37. The van der Waals surface area contributed by atoms with Crippen LogP contribution in [-0.4, -0.2) is 66.1 Å². The molecule has 0 spiro atoms. The highest BCUT2D eigenvalue weighted by Gasteiger charge is 2.29. The van der Waals surface area contributed by atoms with E-state index in [2.05, 4.69) is 9.05 Å². The third-order valence-corrected chi connectivity index (χ3v) is 12.3. The molecule has 67 nitrogen and oxygen atoms in total. The topological polar surface area (TPSA) is 1100 Å². The van der Waals surface area contributed by atoms with Crippen molar-refractivity contribution in [3.63, 3.8) is 0 Å². The predicted molar refractivity (Wildman–Crippen MR) is 519 cm³/mol. The quantitative estimate of drug-likeness (QED) is 0.0311. The molecule has 2 unspecified atom stereocenters. The summed E-state index contributed by atoms with van der Waals surface area (Å²) in [6, 6.07) is 0. The minimum absolute atomic E-state index is 0.0886. The van der Waals surface area contributed by atoms with Gasteiger partial charge >= 0.3 is 24.6 Å². The van der Waals surface area contributed by atoms with Gasteiger partial charge in [0.05, 0.1) is 46.2 Å².